The van der Waals surface area contributed by atoms with E-state index in [1.54, 1.807) is 25.1 Å². The van der Waals surface area contributed by atoms with Crippen LogP contribution in [0.1, 0.15) is 21.7 Å². The minimum Gasteiger partial charge on any atom is -0.427 e. The van der Waals surface area contributed by atoms with Crippen LogP contribution in [-0.4, -0.2) is 20.9 Å². The fraction of sp³-hybridized carbons (Fsp3) is 0.0833. The zero-order valence-electron chi connectivity index (χ0n) is 9.49. The molecule has 90 valence electrons. The molecule has 0 saturated heterocycles. The number of rotatable bonds is 2. The molecular weight excluding hydrogens is 234 g/mol. The molecule has 1 aromatic carbocycles. The summed E-state index contributed by atoms with van der Waals surface area (Å²) < 4.78 is 5.66. The number of hydrogen-bond donors (Lipinski definition) is 1. The van der Waals surface area contributed by atoms with Gasteiger partial charge in [0, 0.05) is 0 Å². The average molecular weight is 243 g/mol. The first-order valence-electron chi connectivity index (χ1n) is 5.07. The first kappa shape index (κ1) is 11.7. The molecule has 0 spiro atoms. The van der Waals surface area contributed by atoms with Crippen LogP contribution in [0, 0.1) is 18.3 Å². The molecular formula is C12H9N3O3. The van der Waals surface area contributed by atoms with E-state index in [2.05, 4.69) is 4.98 Å². The van der Waals surface area contributed by atoms with Gasteiger partial charge >= 0.3 is 5.97 Å². The molecule has 1 aromatic heterocycles. The van der Waals surface area contributed by atoms with Crippen molar-refractivity contribution in [2.75, 3.05) is 0 Å². The minimum atomic E-state index is -0.734. The lowest BCUT2D eigenvalue weighted by atomic mass is 10.2. The highest BCUT2D eigenvalue weighted by Gasteiger charge is 2.18. The van der Waals surface area contributed by atoms with Gasteiger partial charge in [-0.3, -0.25) is 0 Å². The summed E-state index contributed by atoms with van der Waals surface area (Å²) >= 11 is 0. The molecule has 0 amide bonds. The lowest BCUT2D eigenvalue weighted by molar-refractivity contribution is 0.0681. The fourth-order valence-corrected chi connectivity index (χ4v) is 1.45. The predicted octanol–water partition coefficient (Wildman–Crippen LogP) is 1.52. The van der Waals surface area contributed by atoms with Gasteiger partial charge in [0.2, 0.25) is 0 Å². The van der Waals surface area contributed by atoms with E-state index >= 15 is 0 Å². The van der Waals surface area contributed by atoms with E-state index in [1.807, 2.05) is 6.07 Å². The van der Waals surface area contributed by atoms with E-state index in [1.165, 1.54) is 6.07 Å². The fourth-order valence-electron chi connectivity index (χ4n) is 1.45. The topological polar surface area (TPSA) is 88.1 Å². The van der Waals surface area contributed by atoms with Crippen LogP contribution in [0.25, 0.3) is 0 Å². The van der Waals surface area contributed by atoms with Gasteiger partial charge in [-0.1, -0.05) is 6.07 Å². The van der Waals surface area contributed by atoms with Crippen LogP contribution in [0.3, 0.4) is 0 Å². The third-order valence-electron chi connectivity index (χ3n) is 2.30. The molecule has 18 heavy (non-hydrogen) atoms. The smallest absolute Gasteiger partial charge is 0.365 e. The number of carbonyl (C=O) groups is 1. The van der Waals surface area contributed by atoms with Gasteiger partial charge in [-0.05, 0) is 25.1 Å². The third kappa shape index (κ3) is 2.15. The van der Waals surface area contributed by atoms with Crippen molar-refractivity contribution in [3.8, 4) is 11.8 Å². The van der Waals surface area contributed by atoms with E-state index in [0.717, 1.165) is 6.33 Å². The van der Waals surface area contributed by atoms with Crippen molar-refractivity contribution >= 4 is 5.97 Å². The van der Waals surface area contributed by atoms with Gasteiger partial charge < -0.3 is 9.94 Å². The number of esters is 1. The molecule has 0 aliphatic carbocycles. The Labute approximate surface area is 103 Å². The first-order valence-corrected chi connectivity index (χ1v) is 5.07. The van der Waals surface area contributed by atoms with Crippen LogP contribution in [-0.2, 0) is 0 Å². The molecule has 6 nitrogen and oxygen atoms in total. The van der Waals surface area contributed by atoms with Gasteiger partial charge in [0.15, 0.2) is 5.69 Å². The lowest BCUT2D eigenvalue weighted by Gasteiger charge is -2.04. The number of carbonyl (C=O) groups excluding carboxylic acids is 1. The standard InChI is InChI=1S/C12H9N3O3/c1-8-11(15(17)7-14-8)12(16)18-10-4-2-3-9(5-10)6-13/h2-5,7,17H,1H3. The quantitative estimate of drug-likeness (QED) is 0.490. The van der Waals surface area contributed by atoms with Gasteiger partial charge in [-0.25, -0.2) is 9.78 Å². The molecule has 0 aliphatic rings. The average Bonchev–Trinajstić information content (AvgIpc) is 2.69. The number of ether oxygens (including phenoxy) is 1. The summed E-state index contributed by atoms with van der Waals surface area (Å²) in [5.41, 5.74) is 0.700. The van der Waals surface area contributed by atoms with Crippen molar-refractivity contribution in [2.24, 2.45) is 0 Å². The maximum Gasteiger partial charge on any atom is 0.365 e. The molecule has 6 heteroatoms. The number of aryl methyl sites for hydroxylation is 1. The summed E-state index contributed by atoms with van der Waals surface area (Å²) in [6.45, 7) is 1.58. The van der Waals surface area contributed by atoms with Gasteiger partial charge in [0.05, 0.1) is 17.3 Å². The molecule has 0 saturated carbocycles. The Morgan fingerprint density at radius 1 is 1.56 bits per heavy atom. The van der Waals surface area contributed by atoms with Crippen molar-refractivity contribution in [2.45, 2.75) is 6.92 Å². The number of benzene rings is 1. The van der Waals surface area contributed by atoms with Crippen LogP contribution in [0.2, 0.25) is 0 Å². The second kappa shape index (κ2) is 4.59. The van der Waals surface area contributed by atoms with Crippen molar-refractivity contribution in [3.05, 3.63) is 47.5 Å². The van der Waals surface area contributed by atoms with Gasteiger partial charge in [0.1, 0.15) is 12.1 Å². The monoisotopic (exact) mass is 243 g/mol. The molecule has 0 unspecified atom stereocenters. The summed E-state index contributed by atoms with van der Waals surface area (Å²) in [5.74, 6) is -0.498. The Kier molecular flexibility index (Phi) is 2.98. The summed E-state index contributed by atoms with van der Waals surface area (Å²) in [6, 6.07) is 8.12. The van der Waals surface area contributed by atoms with Crippen LogP contribution < -0.4 is 4.74 Å². The van der Waals surface area contributed by atoms with Crippen LogP contribution >= 0.6 is 0 Å². The van der Waals surface area contributed by atoms with Crippen molar-refractivity contribution in [1.82, 2.24) is 9.71 Å². The van der Waals surface area contributed by atoms with Gasteiger partial charge in [-0.2, -0.15) is 9.99 Å². The Morgan fingerprint density at radius 3 is 2.94 bits per heavy atom. The van der Waals surface area contributed by atoms with Crippen molar-refractivity contribution in [1.29, 1.82) is 5.26 Å². The number of nitriles is 1. The lowest BCUT2D eigenvalue weighted by Crippen LogP contribution is -2.14. The molecule has 2 aromatic rings. The van der Waals surface area contributed by atoms with Crippen LogP contribution in [0.5, 0.6) is 5.75 Å². The summed E-state index contributed by atoms with van der Waals surface area (Å²) in [6.07, 6.45) is 1.11. The normalized spacial score (nSPS) is 9.78. The van der Waals surface area contributed by atoms with Crippen LogP contribution in [0.15, 0.2) is 30.6 Å². The highest BCUT2D eigenvalue weighted by molar-refractivity contribution is 5.90. The van der Waals surface area contributed by atoms with E-state index in [-0.39, 0.29) is 11.4 Å². The maximum atomic E-state index is 11.8. The van der Waals surface area contributed by atoms with E-state index in [9.17, 15) is 10.0 Å². The predicted molar refractivity (Wildman–Crippen MR) is 60.3 cm³/mol. The molecule has 2 rings (SSSR count). The second-order valence-corrected chi connectivity index (χ2v) is 3.55. The molecule has 0 bridgehead atoms. The highest BCUT2D eigenvalue weighted by atomic mass is 16.5. The Morgan fingerprint density at radius 2 is 2.33 bits per heavy atom. The van der Waals surface area contributed by atoms with Gasteiger partial charge in [0.25, 0.3) is 0 Å². The van der Waals surface area contributed by atoms with E-state index < -0.39 is 5.97 Å². The number of imidazole rings is 1. The molecule has 0 atom stereocenters. The SMILES string of the molecule is Cc1ncn(O)c1C(=O)Oc1cccc(C#N)c1. The number of hydrogen-bond acceptors (Lipinski definition) is 5. The van der Waals surface area contributed by atoms with E-state index in [0.29, 0.717) is 16.0 Å². The summed E-state index contributed by atoms with van der Waals surface area (Å²) in [7, 11) is 0. The van der Waals surface area contributed by atoms with Crippen molar-refractivity contribution < 1.29 is 14.7 Å². The Hall–Kier alpha value is -2.81. The summed E-state index contributed by atoms with van der Waals surface area (Å²) in [5, 5.41) is 18.1. The first-order chi connectivity index (χ1) is 8.61. The van der Waals surface area contributed by atoms with Crippen molar-refractivity contribution in [3.63, 3.8) is 0 Å². The molecule has 1 N–H and O–H groups in total. The molecule has 0 fully saturated rings. The molecule has 1 heterocycles. The minimum absolute atomic E-state index is 0.0441. The van der Waals surface area contributed by atoms with Crippen LogP contribution in [0.4, 0.5) is 0 Å². The molecule has 0 radical (unpaired) electrons. The zero-order chi connectivity index (χ0) is 13.1. The Bertz CT molecular complexity index is 621. The maximum absolute atomic E-state index is 11.8. The zero-order valence-corrected chi connectivity index (χ0v) is 9.49. The summed E-state index contributed by atoms with van der Waals surface area (Å²) in [4.78, 5) is 15.6. The van der Waals surface area contributed by atoms with E-state index in [4.69, 9.17) is 10.00 Å². The largest absolute Gasteiger partial charge is 0.427 e. The molecule has 0 aliphatic heterocycles. The second-order valence-electron chi connectivity index (χ2n) is 3.55. The highest BCUT2D eigenvalue weighted by Crippen LogP contribution is 2.15. The third-order valence-corrected chi connectivity index (χ3v) is 2.30. The van der Waals surface area contributed by atoms with Gasteiger partial charge in [-0.15, -0.1) is 0 Å². The Balaban J connectivity index is 2.25. The number of nitrogens with zero attached hydrogens (tertiary/aromatic N) is 3. The number of aromatic nitrogens is 2.